The molecule has 0 aliphatic rings. The van der Waals surface area contributed by atoms with E-state index in [0.717, 1.165) is 17.7 Å². The predicted octanol–water partition coefficient (Wildman–Crippen LogP) is 2.55. The molecule has 1 atom stereocenters. The Morgan fingerprint density at radius 1 is 1.53 bits per heavy atom. The van der Waals surface area contributed by atoms with Crippen molar-refractivity contribution in [2.24, 2.45) is 0 Å². The lowest BCUT2D eigenvalue weighted by Crippen LogP contribution is -2.13. The topological polar surface area (TPSA) is 61.8 Å². The summed E-state index contributed by atoms with van der Waals surface area (Å²) in [6.45, 7) is 4.26. The molecule has 0 fully saturated rings. The zero-order valence-corrected chi connectivity index (χ0v) is 9.25. The van der Waals surface area contributed by atoms with Crippen LogP contribution in [0.4, 0.5) is 11.4 Å². The lowest BCUT2D eigenvalue weighted by Gasteiger charge is -2.14. The van der Waals surface area contributed by atoms with Crippen molar-refractivity contribution in [3.8, 4) is 6.07 Å². The van der Waals surface area contributed by atoms with Crippen molar-refractivity contribution >= 4 is 11.4 Å². The number of rotatable bonds is 4. The molecule has 0 bridgehead atoms. The number of anilines is 2. The van der Waals surface area contributed by atoms with Gasteiger partial charge in [0.2, 0.25) is 0 Å². The molecule has 0 spiro atoms. The van der Waals surface area contributed by atoms with Crippen LogP contribution >= 0.6 is 0 Å². The Bertz CT molecular complexity index is 366. The summed E-state index contributed by atoms with van der Waals surface area (Å²) in [6.07, 6.45) is 1.43. The molecule has 0 radical (unpaired) electrons. The molecule has 0 amide bonds. The van der Waals surface area contributed by atoms with Crippen LogP contribution in [-0.2, 0) is 6.42 Å². The van der Waals surface area contributed by atoms with Gasteiger partial charge in [0.1, 0.15) is 0 Å². The summed E-state index contributed by atoms with van der Waals surface area (Å²) in [5.41, 5.74) is 8.37. The van der Waals surface area contributed by atoms with Crippen molar-refractivity contribution in [2.45, 2.75) is 32.7 Å². The third-order valence-electron chi connectivity index (χ3n) is 2.44. The summed E-state index contributed by atoms with van der Waals surface area (Å²) in [6, 6.07) is 8.29. The fourth-order valence-corrected chi connectivity index (χ4v) is 1.32. The van der Waals surface area contributed by atoms with Crippen LogP contribution in [0, 0.1) is 11.3 Å². The van der Waals surface area contributed by atoms with Gasteiger partial charge in [-0.05, 0) is 37.1 Å². The van der Waals surface area contributed by atoms with E-state index in [4.69, 9.17) is 11.0 Å². The number of nitrogens with zero attached hydrogens (tertiary/aromatic N) is 1. The zero-order valence-electron chi connectivity index (χ0n) is 9.25. The zero-order chi connectivity index (χ0) is 11.3. The smallest absolute Gasteiger partial charge is 0.0670 e. The maximum atomic E-state index is 8.64. The fraction of sp³-hybridized carbons (Fsp3) is 0.417. The number of nitrogen functional groups attached to an aromatic ring is 1. The highest BCUT2D eigenvalue weighted by Gasteiger charge is 2.02. The number of benzene rings is 1. The van der Waals surface area contributed by atoms with Crippen molar-refractivity contribution in [3.05, 3.63) is 23.8 Å². The first-order chi connectivity index (χ1) is 7.17. The van der Waals surface area contributed by atoms with Crippen LogP contribution in [0.5, 0.6) is 0 Å². The van der Waals surface area contributed by atoms with E-state index in [2.05, 4.69) is 25.2 Å². The molecule has 0 heterocycles. The van der Waals surface area contributed by atoms with E-state index >= 15 is 0 Å². The second kappa shape index (κ2) is 5.26. The first-order valence-electron chi connectivity index (χ1n) is 5.19. The Labute approximate surface area is 90.9 Å². The van der Waals surface area contributed by atoms with E-state index in [9.17, 15) is 0 Å². The third kappa shape index (κ3) is 3.17. The third-order valence-corrected chi connectivity index (χ3v) is 2.44. The number of hydrogen-bond acceptors (Lipinski definition) is 3. The number of nitrogens with one attached hydrogen (secondary N) is 1. The highest BCUT2D eigenvalue weighted by molar-refractivity contribution is 5.58. The van der Waals surface area contributed by atoms with E-state index < -0.39 is 0 Å². The van der Waals surface area contributed by atoms with Crippen LogP contribution < -0.4 is 11.1 Å². The quantitative estimate of drug-likeness (QED) is 0.739. The first kappa shape index (κ1) is 11.4. The van der Waals surface area contributed by atoms with Crippen LogP contribution in [0.25, 0.3) is 0 Å². The molecule has 0 aliphatic carbocycles. The van der Waals surface area contributed by atoms with Crippen LogP contribution in [0.3, 0.4) is 0 Å². The summed E-state index contributed by atoms with van der Waals surface area (Å²) in [7, 11) is 0. The van der Waals surface area contributed by atoms with Gasteiger partial charge in [-0.3, -0.25) is 0 Å². The van der Waals surface area contributed by atoms with Gasteiger partial charge in [-0.15, -0.1) is 0 Å². The summed E-state index contributed by atoms with van der Waals surface area (Å²) in [4.78, 5) is 0. The normalized spacial score (nSPS) is 11.8. The minimum atomic E-state index is 0.363. The van der Waals surface area contributed by atoms with E-state index in [1.165, 1.54) is 0 Å². The molecule has 0 saturated heterocycles. The second-order valence-corrected chi connectivity index (χ2v) is 3.70. The molecule has 3 heteroatoms. The van der Waals surface area contributed by atoms with Crippen LogP contribution in [0.2, 0.25) is 0 Å². The van der Waals surface area contributed by atoms with Crippen molar-refractivity contribution in [1.82, 2.24) is 0 Å². The predicted molar refractivity (Wildman–Crippen MR) is 63.5 cm³/mol. The molecule has 0 aliphatic heterocycles. The minimum Gasteiger partial charge on any atom is -0.398 e. The SMILES string of the molecule is CCC(C)Nc1ccc(N)c(CC#N)c1. The molecule has 1 unspecified atom stereocenters. The standard InChI is InChI=1S/C12H17N3/c1-3-9(2)15-11-4-5-12(14)10(8-11)6-7-13/h4-5,8-9,15H,3,6,14H2,1-2H3. The monoisotopic (exact) mass is 203 g/mol. The van der Waals surface area contributed by atoms with E-state index in [1.54, 1.807) is 0 Å². The minimum absolute atomic E-state index is 0.363. The molecule has 1 aromatic carbocycles. The Kier molecular flexibility index (Phi) is 3.99. The van der Waals surface area contributed by atoms with Gasteiger partial charge in [0.25, 0.3) is 0 Å². The van der Waals surface area contributed by atoms with Gasteiger partial charge in [-0.1, -0.05) is 6.92 Å². The molecular weight excluding hydrogens is 186 g/mol. The van der Waals surface area contributed by atoms with E-state index in [1.807, 2.05) is 18.2 Å². The Morgan fingerprint density at radius 2 is 2.27 bits per heavy atom. The maximum Gasteiger partial charge on any atom is 0.0670 e. The molecule has 0 aromatic heterocycles. The Hall–Kier alpha value is -1.69. The van der Waals surface area contributed by atoms with Crippen LogP contribution in [0.1, 0.15) is 25.8 Å². The molecule has 1 aromatic rings. The Balaban J connectivity index is 2.83. The number of nitriles is 1. The van der Waals surface area contributed by atoms with Gasteiger partial charge in [0, 0.05) is 17.4 Å². The lowest BCUT2D eigenvalue weighted by molar-refractivity contribution is 0.764. The van der Waals surface area contributed by atoms with E-state index in [-0.39, 0.29) is 0 Å². The summed E-state index contributed by atoms with van der Waals surface area (Å²) >= 11 is 0. The molecule has 1 rings (SSSR count). The average molecular weight is 203 g/mol. The molecule has 0 saturated carbocycles. The highest BCUT2D eigenvalue weighted by Crippen LogP contribution is 2.19. The van der Waals surface area contributed by atoms with Crippen LogP contribution in [0.15, 0.2) is 18.2 Å². The summed E-state index contributed by atoms with van der Waals surface area (Å²) in [5.74, 6) is 0. The molecule has 80 valence electrons. The fourth-order valence-electron chi connectivity index (χ4n) is 1.32. The highest BCUT2D eigenvalue weighted by atomic mass is 14.9. The van der Waals surface area contributed by atoms with E-state index in [0.29, 0.717) is 18.2 Å². The largest absolute Gasteiger partial charge is 0.398 e. The van der Waals surface area contributed by atoms with Gasteiger partial charge < -0.3 is 11.1 Å². The average Bonchev–Trinajstić information content (AvgIpc) is 2.23. The van der Waals surface area contributed by atoms with Gasteiger partial charge >= 0.3 is 0 Å². The second-order valence-electron chi connectivity index (χ2n) is 3.70. The van der Waals surface area contributed by atoms with Crippen LogP contribution in [-0.4, -0.2) is 6.04 Å². The van der Waals surface area contributed by atoms with Crippen molar-refractivity contribution < 1.29 is 0 Å². The first-order valence-corrected chi connectivity index (χ1v) is 5.19. The Morgan fingerprint density at radius 3 is 2.87 bits per heavy atom. The number of hydrogen-bond donors (Lipinski definition) is 2. The molecular formula is C12H17N3. The van der Waals surface area contributed by atoms with Crippen molar-refractivity contribution in [2.75, 3.05) is 11.1 Å². The van der Waals surface area contributed by atoms with Gasteiger partial charge in [-0.25, -0.2) is 0 Å². The molecule has 3 nitrogen and oxygen atoms in total. The van der Waals surface area contributed by atoms with Crippen molar-refractivity contribution in [3.63, 3.8) is 0 Å². The number of nitrogens with two attached hydrogens (primary N) is 1. The molecule has 15 heavy (non-hydrogen) atoms. The summed E-state index contributed by atoms with van der Waals surface area (Å²) < 4.78 is 0. The van der Waals surface area contributed by atoms with Crippen molar-refractivity contribution in [1.29, 1.82) is 5.26 Å². The molecule has 3 N–H and O–H groups in total. The summed E-state index contributed by atoms with van der Waals surface area (Å²) in [5, 5.41) is 12.0. The lowest BCUT2D eigenvalue weighted by atomic mass is 10.1. The van der Waals surface area contributed by atoms with Gasteiger partial charge in [-0.2, -0.15) is 5.26 Å². The van der Waals surface area contributed by atoms with Gasteiger partial charge in [0.05, 0.1) is 12.5 Å². The maximum absolute atomic E-state index is 8.64. The van der Waals surface area contributed by atoms with Gasteiger partial charge in [0.15, 0.2) is 0 Å².